The van der Waals surface area contributed by atoms with E-state index < -0.39 is 38.3 Å². The lowest BCUT2D eigenvalue weighted by atomic mass is 9.90. The van der Waals surface area contributed by atoms with Gasteiger partial charge in [0.25, 0.3) is 0 Å². The summed E-state index contributed by atoms with van der Waals surface area (Å²) in [4.78, 5) is 25.7. The molecule has 13 nitrogen and oxygen atoms in total. The van der Waals surface area contributed by atoms with Gasteiger partial charge in [0.2, 0.25) is 15.0 Å². The van der Waals surface area contributed by atoms with Crippen molar-refractivity contribution in [3.8, 4) is 17.2 Å². The molecule has 4 heterocycles. The molecule has 5 aromatic rings. The molecule has 0 radical (unpaired) electrons. The molecule has 0 unspecified atom stereocenters. The topological polar surface area (TPSA) is 185 Å². The first-order valence-corrected chi connectivity index (χ1v) is 17.9. The van der Waals surface area contributed by atoms with E-state index in [1.165, 1.54) is 13.0 Å². The maximum atomic E-state index is 17.1. The summed E-state index contributed by atoms with van der Waals surface area (Å²) in [6, 6.07) is 4.61. The number of sulfone groups is 1. The number of aromatic nitrogens is 5. The third-order valence-corrected chi connectivity index (χ3v) is 10.7. The van der Waals surface area contributed by atoms with Gasteiger partial charge in [-0.25, -0.2) is 36.9 Å². The molecule has 1 saturated carbocycles. The zero-order chi connectivity index (χ0) is 34.8. The second-order valence-electron chi connectivity index (χ2n) is 12.7. The van der Waals surface area contributed by atoms with Gasteiger partial charge in [-0.1, -0.05) is 6.92 Å². The Balaban J connectivity index is 1.43. The maximum absolute atomic E-state index is 17.1. The third-order valence-electron chi connectivity index (χ3n) is 8.13. The molecule has 0 atom stereocenters. The highest BCUT2D eigenvalue weighted by molar-refractivity contribution is 7.91. The fourth-order valence-corrected chi connectivity index (χ4v) is 7.52. The number of carbonyl (C=O) groups excluding carboxylic acids is 1. The standard InChI is InChI=1S/C32H30F2N8O5S2/c1-5-49(44,45)30-38-26-23(28(39-30)36-11-20-37-27(42-41-20)14-6-7-14)17-13-46-12-16(17)22(25(26)34)24-18(33)8-9-19-21(24)15(10-35)29(48-19)40-31(43)47-32(2,3)4/h8-9,14H,5-7,11-13H2,1-4H3,(H,40,43)(H,36,38,39)(H,37,41,42). The van der Waals surface area contributed by atoms with Crippen LogP contribution in [0.4, 0.5) is 24.4 Å². The van der Waals surface area contributed by atoms with Crippen LogP contribution in [0.2, 0.25) is 0 Å². The molecule has 17 heteroatoms. The fraction of sp³-hybridized carbons (Fsp3) is 0.375. The number of nitrogens with one attached hydrogen (secondary N) is 3. The van der Waals surface area contributed by atoms with Crippen LogP contribution in [0.25, 0.3) is 32.1 Å². The van der Waals surface area contributed by atoms with Gasteiger partial charge in [0, 0.05) is 27.1 Å². The number of halogens is 2. The number of hydrogen-bond acceptors (Lipinski definition) is 12. The molecular weight excluding hydrogens is 679 g/mol. The van der Waals surface area contributed by atoms with Crippen LogP contribution in [0, 0.1) is 23.0 Å². The first kappa shape index (κ1) is 32.7. The number of thiophene rings is 1. The number of rotatable bonds is 8. The largest absolute Gasteiger partial charge is 0.444 e. The molecule has 1 aliphatic carbocycles. The highest BCUT2D eigenvalue weighted by atomic mass is 32.2. The van der Waals surface area contributed by atoms with Gasteiger partial charge < -0.3 is 14.8 Å². The van der Waals surface area contributed by atoms with Crippen molar-refractivity contribution in [3.63, 3.8) is 0 Å². The number of ether oxygens (including phenoxy) is 2. The van der Waals surface area contributed by atoms with Gasteiger partial charge >= 0.3 is 6.09 Å². The Bertz CT molecular complexity index is 2340. The van der Waals surface area contributed by atoms with E-state index in [0.29, 0.717) is 33.4 Å². The molecule has 0 spiro atoms. The van der Waals surface area contributed by atoms with Crippen LogP contribution in [-0.2, 0) is 39.1 Å². The number of carbonyl (C=O) groups is 1. The lowest BCUT2D eigenvalue weighted by Crippen LogP contribution is -2.27. The Morgan fingerprint density at radius 3 is 2.59 bits per heavy atom. The minimum absolute atomic E-state index is 0.0248. The number of H-pyrrole nitrogens is 1. The van der Waals surface area contributed by atoms with Gasteiger partial charge in [-0.3, -0.25) is 10.4 Å². The molecule has 0 saturated heterocycles. The molecular formula is C32H30F2N8O5S2. The van der Waals surface area contributed by atoms with E-state index in [4.69, 9.17) is 9.47 Å². The molecule has 1 amide bonds. The average molecular weight is 709 g/mol. The Kier molecular flexibility index (Phi) is 8.00. The first-order valence-electron chi connectivity index (χ1n) is 15.5. The Morgan fingerprint density at radius 2 is 1.90 bits per heavy atom. The van der Waals surface area contributed by atoms with Gasteiger partial charge in [-0.2, -0.15) is 10.4 Å². The van der Waals surface area contributed by atoms with E-state index in [1.807, 2.05) is 6.07 Å². The Morgan fingerprint density at radius 1 is 1.14 bits per heavy atom. The van der Waals surface area contributed by atoms with Crippen molar-refractivity contribution in [3.05, 3.63) is 52.1 Å². The summed E-state index contributed by atoms with van der Waals surface area (Å²) in [6.45, 7) is 6.40. The normalized spacial score (nSPS) is 14.6. The van der Waals surface area contributed by atoms with Crippen molar-refractivity contribution in [2.75, 3.05) is 16.4 Å². The van der Waals surface area contributed by atoms with Gasteiger partial charge in [0.15, 0.2) is 11.6 Å². The summed E-state index contributed by atoms with van der Waals surface area (Å²) < 4.78 is 70.9. The highest BCUT2D eigenvalue weighted by Gasteiger charge is 2.33. The second kappa shape index (κ2) is 12.0. The number of amides is 1. The molecule has 0 bridgehead atoms. The summed E-state index contributed by atoms with van der Waals surface area (Å²) in [5.74, 6) is -0.712. The SMILES string of the molecule is CCS(=O)(=O)c1nc(NCc2nc(C3CC3)n[nH]2)c2c3c(c(-c4c(F)ccc5sc(NC(=O)OC(C)(C)C)c(C#N)c45)c(F)c2n1)COC3. The van der Waals surface area contributed by atoms with E-state index in [2.05, 4.69) is 35.8 Å². The van der Waals surface area contributed by atoms with E-state index in [-0.39, 0.29) is 69.3 Å². The maximum Gasteiger partial charge on any atom is 0.412 e. The number of nitriles is 1. The molecule has 2 aliphatic rings. The van der Waals surface area contributed by atoms with E-state index >= 15 is 8.78 Å². The lowest BCUT2D eigenvalue weighted by molar-refractivity contribution is 0.0636. The predicted octanol–water partition coefficient (Wildman–Crippen LogP) is 6.44. The minimum atomic E-state index is -4.04. The Labute approximate surface area is 283 Å². The van der Waals surface area contributed by atoms with E-state index in [0.717, 1.165) is 30.2 Å². The second-order valence-corrected chi connectivity index (χ2v) is 16.0. The van der Waals surface area contributed by atoms with Gasteiger partial charge in [-0.15, -0.1) is 11.3 Å². The van der Waals surface area contributed by atoms with Gasteiger partial charge in [0.1, 0.15) is 39.6 Å². The van der Waals surface area contributed by atoms with E-state index in [9.17, 15) is 18.5 Å². The number of anilines is 2. The average Bonchev–Trinajstić information content (AvgIpc) is 3.42. The Hall–Kier alpha value is -4.79. The molecule has 1 fully saturated rings. The van der Waals surface area contributed by atoms with Crippen LogP contribution >= 0.6 is 11.3 Å². The molecule has 7 rings (SSSR count). The number of nitrogens with zero attached hydrogens (tertiary/aromatic N) is 5. The zero-order valence-electron chi connectivity index (χ0n) is 26.8. The van der Waals surface area contributed by atoms with Crippen molar-refractivity contribution >= 4 is 59.1 Å². The summed E-state index contributed by atoms with van der Waals surface area (Å²) in [5, 5.41) is 22.7. The van der Waals surface area contributed by atoms with Gasteiger partial charge in [-0.05, 0) is 56.9 Å². The van der Waals surface area contributed by atoms with E-state index in [1.54, 1.807) is 20.8 Å². The van der Waals surface area contributed by atoms with Crippen LogP contribution in [0.15, 0.2) is 17.3 Å². The van der Waals surface area contributed by atoms with Gasteiger partial charge in [0.05, 0.1) is 36.5 Å². The fourth-order valence-electron chi connectivity index (χ4n) is 5.75. The van der Waals surface area contributed by atoms with Crippen molar-refractivity contribution in [2.24, 2.45) is 0 Å². The summed E-state index contributed by atoms with van der Waals surface area (Å²) in [6.07, 6.45) is 1.19. The zero-order valence-corrected chi connectivity index (χ0v) is 28.5. The smallest absolute Gasteiger partial charge is 0.412 e. The summed E-state index contributed by atoms with van der Waals surface area (Å²) >= 11 is 1.00. The molecule has 254 valence electrons. The molecule has 2 aromatic carbocycles. The highest BCUT2D eigenvalue weighted by Crippen LogP contribution is 2.48. The number of fused-ring (bicyclic) bond motifs is 4. The number of benzene rings is 2. The summed E-state index contributed by atoms with van der Waals surface area (Å²) in [7, 11) is -4.04. The number of aromatic amines is 1. The van der Waals surface area contributed by atoms with Crippen LogP contribution < -0.4 is 10.6 Å². The summed E-state index contributed by atoms with van der Waals surface area (Å²) in [5.41, 5.74) is -1.03. The lowest BCUT2D eigenvalue weighted by Gasteiger charge is -2.19. The predicted molar refractivity (Wildman–Crippen MR) is 177 cm³/mol. The number of hydrogen-bond donors (Lipinski definition) is 3. The van der Waals surface area contributed by atoms with Crippen LogP contribution in [0.1, 0.15) is 74.8 Å². The first-order chi connectivity index (χ1) is 23.3. The quantitative estimate of drug-likeness (QED) is 0.151. The molecule has 1 aliphatic heterocycles. The third kappa shape index (κ3) is 5.93. The van der Waals surface area contributed by atoms with Crippen molar-refractivity contribution < 1.29 is 31.5 Å². The van der Waals surface area contributed by atoms with Crippen molar-refractivity contribution in [2.45, 2.75) is 77.0 Å². The minimum Gasteiger partial charge on any atom is -0.444 e. The van der Waals surface area contributed by atoms with Crippen LogP contribution in [0.3, 0.4) is 0 Å². The van der Waals surface area contributed by atoms with Crippen molar-refractivity contribution in [1.82, 2.24) is 25.1 Å². The molecule has 3 aromatic heterocycles. The molecule has 49 heavy (non-hydrogen) atoms. The van der Waals surface area contributed by atoms with Crippen LogP contribution in [-0.4, -0.2) is 51.0 Å². The molecule has 3 N–H and O–H groups in total. The van der Waals surface area contributed by atoms with Crippen molar-refractivity contribution in [1.29, 1.82) is 5.26 Å². The van der Waals surface area contributed by atoms with Crippen LogP contribution in [0.5, 0.6) is 0 Å². The monoisotopic (exact) mass is 708 g/mol.